The van der Waals surface area contributed by atoms with Gasteiger partial charge in [-0.2, -0.15) is 0 Å². The highest BCUT2D eigenvalue weighted by Gasteiger charge is 2.18. The normalized spacial score (nSPS) is 10.8. The molecule has 0 fully saturated rings. The summed E-state index contributed by atoms with van der Waals surface area (Å²) in [6.45, 7) is 4.53. The lowest BCUT2D eigenvalue weighted by atomic mass is 10.1. The van der Waals surface area contributed by atoms with Gasteiger partial charge in [-0.15, -0.1) is 10.2 Å². The number of nitro benzene ring substituents is 1. The zero-order valence-corrected chi connectivity index (χ0v) is 19.5. The number of ether oxygens (including phenoxy) is 1. The van der Waals surface area contributed by atoms with Gasteiger partial charge in [0.1, 0.15) is 5.75 Å². The third-order valence-electron chi connectivity index (χ3n) is 5.08. The number of hydrogen-bond acceptors (Lipinski definition) is 7. The lowest BCUT2D eigenvalue weighted by Gasteiger charge is -2.11. The molecule has 0 unspecified atom stereocenters. The van der Waals surface area contributed by atoms with Gasteiger partial charge in [-0.1, -0.05) is 41.6 Å². The van der Waals surface area contributed by atoms with E-state index >= 15 is 0 Å². The number of hydrogen-bond donors (Lipinski definition) is 0. The molecular weight excluding hydrogens is 452 g/mol. The molecule has 34 heavy (non-hydrogen) atoms. The van der Waals surface area contributed by atoms with E-state index in [0.29, 0.717) is 23.2 Å². The Balaban J connectivity index is 1.63. The van der Waals surface area contributed by atoms with Crippen LogP contribution in [0.2, 0.25) is 0 Å². The highest BCUT2D eigenvalue weighted by Crippen LogP contribution is 2.29. The number of Topliss-reactive ketones (excluding diaryl/α,β-unsaturated/α-hetero) is 1. The molecule has 1 heterocycles. The van der Waals surface area contributed by atoms with E-state index in [9.17, 15) is 14.9 Å². The molecule has 0 amide bonds. The molecule has 0 aliphatic heterocycles. The largest absolute Gasteiger partial charge is 0.494 e. The quantitative estimate of drug-likeness (QED) is 0.136. The van der Waals surface area contributed by atoms with Crippen molar-refractivity contribution in [2.24, 2.45) is 0 Å². The second-order valence-electron chi connectivity index (χ2n) is 7.45. The van der Waals surface area contributed by atoms with Crippen LogP contribution in [-0.2, 0) is 0 Å². The number of carbonyl (C=O) groups excluding carboxylic acids is 1. The minimum atomic E-state index is -0.491. The smallest absolute Gasteiger partial charge is 0.269 e. The highest BCUT2D eigenvalue weighted by atomic mass is 32.2. The minimum Gasteiger partial charge on any atom is -0.494 e. The van der Waals surface area contributed by atoms with E-state index in [4.69, 9.17) is 4.74 Å². The number of ketones is 1. The van der Waals surface area contributed by atoms with Gasteiger partial charge in [0.25, 0.3) is 5.69 Å². The van der Waals surface area contributed by atoms with Crippen LogP contribution in [0.5, 0.6) is 5.75 Å². The zero-order chi connectivity index (χ0) is 24.1. The zero-order valence-electron chi connectivity index (χ0n) is 18.7. The minimum absolute atomic E-state index is 0.0535. The van der Waals surface area contributed by atoms with E-state index in [-0.39, 0.29) is 17.2 Å². The third-order valence-corrected chi connectivity index (χ3v) is 6.01. The summed E-state index contributed by atoms with van der Waals surface area (Å²) in [5.74, 6) is 1.38. The first-order chi connectivity index (χ1) is 16.5. The Morgan fingerprint density at radius 3 is 2.29 bits per heavy atom. The number of carbonyl (C=O) groups is 1. The van der Waals surface area contributed by atoms with Crippen molar-refractivity contribution >= 4 is 23.2 Å². The Hall–Kier alpha value is -3.98. The summed E-state index contributed by atoms with van der Waals surface area (Å²) in [5, 5.41) is 20.2. The third kappa shape index (κ3) is 5.15. The lowest BCUT2D eigenvalue weighted by molar-refractivity contribution is -0.384. The van der Waals surface area contributed by atoms with Crippen molar-refractivity contribution in [1.29, 1.82) is 0 Å². The number of non-ortho nitro benzene ring substituents is 1. The molecule has 0 N–H and O–H groups in total. The number of nitrogens with zero attached hydrogens (tertiary/aromatic N) is 4. The van der Waals surface area contributed by atoms with E-state index < -0.39 is 4.92 Å². The molecule has 0 radical (unpaired) electrons. The van der Waals surface area contributed by atoms with Crippen LogP contribution in [0, 0.1) is 17.0 Å². The standard InChI is InChI=1S/C25H22N4O4S/c1-3-33-22-14-12-20(13-15-22)28-24(19-6-4-17(2)5-7-19)26-27-25(28)34-16-23(30)18-8-10-21(11-9-18)29(31)32/h4-15H,3,16H2,1-2H3. The second kappa shape index (κ2) is 10.3. The molecule has 1 aromatic heterocycles. The van der Waals surface area contributed by atoms with Crippen molar-refractivity contribution in [3.05, 3.63) is 94.0 Å². The van der Waals surface area contributed by atoms with Gasteiger partial charge in [0.2, 0.25) is 0 Å². The predicted molar refractivity (Wildman–Crippen MR) is 131 cm³/mol. The summed E-state index contributed by atoms with van der Waals surface area (Å²) in [7, 11) is 0. The van der Waals surface area contributed by atoms with Crippen LogP contribution in [-0.4, -0.2) is 37.8 Å². The van der Waals surface area contributed by atoms with Crippen molar-refractivity contribution in [2.45, 2.75) is 19.0 Å². The van der Waals surface area contributed by atoms with Crippen molar-refractivity contribution in [2.75, 3.05) is 12.4 Å². The Morgan fingerprint density at radius 2 is 1.68 bits per heavy atom. The summed E-state index contributed by atoms with van der Waals surface area (Å²) in [6.07, 6.45) is 0. The Morgan fingerprint density at radius 1 is 1.00 bits per heavy atom. The first-order valence-electron chi connectivity index (χ1n) is 10.6. The number of rotatable bonds is 9. The van der Waals surface area contributed by atoms with Gasteiger partial charge in [-0.25, -0.2) is 0 Å². The van der Waals surface area contributed by atoms with Crippen molar-refractivity contribution < 1.29 is 14.5 Å². The molecule has 0 spiro atoms. The number of aryl methyl sites for hydroxylation is 1. The number of benzene rings is 3. The van der Waals surface area contributed by atoms with Crippen LogP contribution in [0.25, 0.3) is 17.1 Å². The van der Waals surface area contributed by atoms with Crippen LogP contribution in [0.4, 0.5) is 5.69 Å². The maximum atomic E-state index is 12.7. The maximum Gasteiger partial charge on any atom is 0.269 e. The van der Waals surface area contributed by atoms with Gasteiger partial charge in [0.15, 0.2) is 16.8 Å². The van der Waals surface area contributed by atoms with Crippen molar-refractivity contribution in [3.63, 3.8) is 0 Å². The molecule has 0 atom stereocenters. The van der Waals surface area contributed by atoms with Crippen LogP contribution < -0.4 is 4.74 Å². The fourth-order valence-corrected chi connectivity index (χ4v) is 4.17. The topological polar surface area (TPSA) is 100 Å². The van der Waals surface area contributed by atoms with Gasteiger partial charge >= 0.3 is 0 Å². The number of aromatic nitrogens is 3. The molecule has 0 aliphatic rings. The van der Waals surface area contributed by atoms with Crippen LogP contribution in [0.15, 0.2) is 78.0 Å². The monoisotopic (exact) mass is 474 g/mol. The first kappa shape index (κ1) is 23.2. The average molecular weight is 475 g/mol. The summed E-state index contributed by atoms with van der Waals surface area (Å²) in [4.78, 5) is 23.1. The summed E-state index contributed by atoms with van der Waals surface area (Å²) >= 11 is 1.26. The second-order valence-corrected chi connectivity index (χ2v) is 8.39. The first-order valence-corrected chi connectivity index (χ1v) is 11.6. The molecule has 0 aliphatic carbocycles. The summed E-state index contributed by atoms with van der Waals surface area (Å²) < 4.78 is 7.47. The molecule has 0 saturated heterocycles. The lowest BCUT2D eigenvalue weighted by Crippen LogP contribution is -2.05. The molecule has 4 rings (SSSR count). The number of nitro groups is 1. The average Bonchev–Trinajstić information content (AvgIpc) is 3.27. The predicted octanol–water partition coefficient (Wildman–Crippen LogP) is 5.52. The molecule has 3 aromatic carbocycles. The Kier molecular flexibility index (Phi) is 7.03. The Labute approximate surface area is 200 Å². The van der Waals surface area contributed by atoms with E-state index in [1.54, 1.807) is 0 Å². The van der Waals surface area contributed by atoms with Crippen LogP contribution >= 0.6 is 11.8 Å². The molecule has 4 aromatic rings. The Bertz CT molecular complexity index is 1300. The van der Waals surface area contributed by atoms with Crippen molar-refractivity contribution in [3.8, 4) is 22.8 Å². The van der Waals surface area contributed by atoms with Gasteiger partial charge in [-0.05, 0) is 50.2 Å². The molecular formula is C25H22N4O4S. The fraction of sp³-hybridized carbons (Fsp3) is 0.160. The molecule has 9 heteroatoms. The van der Waals surface area contributed by atoms with Crippen LogP contribution in [0.1, 0.15) is 22.8 Å². The van der Waals surface area contributed by atoms with E-state index in [0.717, 1.165) is 22.6 Å². The SMILES string of the molecule is CCOc1ccc(-n2c(SCC(=O)c3ccc([N+](=O)[O-])cc3)nnc2-c2ccc(C)cc2)cc1. The van der Waals surface area contributed by atoms with Gasteiger partial charge in [-0.3, -0.25) is 19.5 Å². The maximum absolute atomic E-state index is 12.7. The summed E-state index contributed by atoms with van der Waals surface area (Å²) in [5.41, 5.74) is 3.24. The van der Waals surface area contributed by atoms with Gasteiger partial charge < -0.3 is 4.74 Å². The highest BCUT2D eigenvalue weighted by molar-refractivity contribution is 7.99. The molecule has 0 bridgehead atoms. The molecule has 8 nitrogen and oxygen atoms in total. The molecule has 0 saturated carbocycles. The summed E-state index contributed by atoms with van der Waals surface area (Å²) in [6, 6.07) is 21.2. The van der Waals surface area contributed by atoms with E-state index in [2.05, 4.69) is 10.2 Å². The number of thioether (sulfide) groups is 1. The van der Waals surface area contributed by atoms with Crippen LogP contribution in [0.3, 0.4) is 0 Å². The molecule has 172 valence electrons. The van der Waals surface area contributed by atoms with Crippen molar-refractivity contribution in [1.82, 2.24) is 14.8 Å². The van der Waals surface area contributed by atoms with E-state index in [1.165, 1.54) is 36.0 Å². The fourth-order valence-electron chi connectivity index (χ4n) is 3.33. The van der Waals surface area contributed by atoms with Gasteiger partial charge in [0, 0.05) is 28.9 Å². The van der Waals surface area contributed by atoms with Gasteiger partial charge in [0.05, 0.1) is 17.3 Å². The van der Waals surface area contributed by atoms with E-state index in [1.807, 2.05) is 66.9 Å².